The van der Waals surface area contributed by atoms with Crippen molar-refractivity contribution in [2.24, 2.45) is 5.73 Å². The van der Waals surface area contributed by atoms with Gasteiger partial charge in [0.2, 0.25) is 0 Å². The molecule has 0 saturated heterocycles. The predicted octanol–water partition coefficient (Wildman–Crippen LogP) is 3.98. The van der Waals surface area contributed by atoms with E-state index in [1.165, 1.54) is 41.5 Å². The van der Waals surface area contributed by atoms with Crippen LogP contribution in [0.1, 0.15) is 41.0 Å². The summed E-state index contributed by atoms with van der Waals surface area (Å²) in [6.07, 6.45) is 4.68. The molecule has 1 heteroatoms. The minimum absolute atomic E-state index is 0.221. The monoisotopic (exact) mass is 265 g/mol. The van der Waals surface area contributed by atoms with Crippen LogP contribution < -0.4 is 5.73 Å². The van der Waals surface area contributed by atoms with Gasteiger partial charge in [0.15, 0.2) is 0 Å². The third-order valence-electron chi connectivity index (χ3n) is 4.49. The Morgan fingerprint density at radius 2 is 2.00 bits per heavy atom. The standard InChI is InChI=1S/C19H23N/c1-14-6-4-7-15(12-14)13-19(20)18-11-5-9-16-8-2-3-10-17(16)18/h2-4,6-8,10,12,18-19H,5,9,11,13,20H2,1H3. The number of hydrogen-bond donors (Lipinski definition) is 1. The Kier molecular flexibility index (Phi) is 3.88. The molecular weight excluding hydrogens is 242 g/mol. The number of hydrogen-bond acceptors (Lipinski definition) is 1. The molecule has 0 spiro atoms. The van der Waals surface area contributed by atoms with Crippen molar-refractivity contribution < 1.29 is 0 Å². The van der Waals surface area contributed by atoms with E-state index in [4.69, 9.17) is 5.73 Å². The van der Waals surface area contributed by atoms with E-state index in [1.807, 2.05) is 0 Å². The average molecular weight is 265 g/mol. The number of fused-ring (bicyclic) bond motifs is 1. The summed E-state index contributed by atoms with van der Waals surface area (Å²) in [4.78, 5) is 0. The zero-order chi connectivity index (χ0) is 13.9. The molecule has 3 rings (SSSR count). The van der Waals surface area contributed by atoms with Crippen molar-refractivity contribution in [3.8, 4) is 0 Å². The third-order valence-corrected chi connectivity index (χ3v) is 4.49. The van der Waals surface area contributed by atoms with Gasteiger partial charge in [0.25, 0.3) is 0 Å². The maximum Gasteiger partial charge on any atom is 0.0149 e. The predicted molar refractivity (Wildman–Crippen MR) is 85.0 cm³/mol. The van der Waals surface area contributed by atoms with Crippen LogP contribution in [-0.2, 0) is 12.8 Å². The minimum Gasteiger partial charge on any atom is -0.327 e. The van der Waals surface area contributed by atoms with Crippen molar-refractivity contribution in [2.45, 2.75) is 44.6 Å². The van der Waals surface area contributed by atoms with Crippen LogP contribution in [0.4, 0.5) is 0 Å². The molecule has 20 heavy (non-hydrogen) atoms. The number of aryl methyl sites for hydroxylation is 2. The highest BCUT2D eigenvalue weighted by atomic mass is 14.7. The fraction of sp³-hybridized carbons (Fsp3) is 0.368. The van der Waals surface area contributed by atoms with Crippen LogP contribution in [0, 0.1) is 6.92 Å². The first-order chi connectivity index (χ1) is 9.74. The molecule has 2 N–H and O–H groups in total. The summed E-state index contributed by atoms with van der Waals surface area (Å²) in [6.45, 7) is 2.14. The van der Waals surface area contributed by atoms with Crippen LogP contribution in [0.2, 0.25) is 0 Å². The largest absolute Gasteiger partial charge is 0.327 e. The summed E-state index contributed by atoms with van der Waals surface area (Å²) in [5.74, 6) is 0.514. The molecule has 0 aliphatic heterocycles. The number of rotatable bonds is 3. The fourth-order valence-corrected chi connectivity index (χ4v) is 3.49. The summed E-state index contributed by atoms with van der Waals surface area (Å²) in [5.41, 5.74) is 12.2. The first-order valence-corrected chi connectivity index (χ1v) is 7.63. The van der Waals surface area contributed by atoms with Crippen LogP contribution in [0.3, 0.4) is 0 Å². The summed E-state index contributed by atoms with van der Waals surface area (Å²) in [7, 11) is 0. The van der Waals surface area contributed by atoms with Crippen molar-refractivity contribution in [3.63, 3.8) is 0 Å². The number of nitrogens with two attached hydrogens (primary N) is 1. The molecule has 1 aliphatic carbocycles. The van der Waals surface area contributed by atoms with Gasteiger partial charge in [0.1, 0.15) is 0 Å². The third kappa shape index (κ3) is 2.78. The molecule has 1 aliphatic rings. The highest BCUT2D eigenvalue weighted by Gasteiger charge is 2.25. The molecule has 0 amide bonds. The summed E-state index contributed by atoms with van der Waals surface area (Å²) in [6, 6.07) is 17.8. The van der Waals surface area contributed by atoms with Crippen LogP contribution in [-0.4, -0.2) is 6.04 Å². The maximum atomic E-state index is 6.55. The van der Waals surface area contributed by atoms with E-state index in [-0.39, 0.29) is 6.04 Å². The lowest BCUT2D eigenvalue weighted by Gasteiger charge is -2.30. The molecule has 0 fully saturated rings. The van der Waals surface area contributed by atoms with Gasteiger partial charge >= 0.3 is 0 Å². The van der Waals surface area contributed by atoms with Crippen molar-refractivity contribution in [3.05, 3.63) is 70.8 Å². The molecule has 2 atom stereocenters. The lowest BCUT2D eigenvalue weighted by atomic mass is 9.77. The second kappa shape index (κ2) is 5.80. The van der Waals surface area contributed by atoms with E-state index in [9.17, 15) is 0 Å². The minimum atomic E-state index is 0.221. The zero-order valence-electron chi connectivity index (χ0n) is 12.2. The molecular formula is C19H23N. The molecule has 1 nitrogen and oxygen atoms in total. The molecule has 0 aromatic heterocycles. The topological polar surface area (TPSA) is 26.0 Å². The van der Waals surface area contributed by atoms with Crippen LogP contribution >= 0.6 is 0 Å². The fourth-order valence-electron chi connectivity index (χ4n) is 3.49. The molecule has 0 bridgehead atoms. The maximum absolute atomic E-state index is 6.55. The van der Waals surface area contributed by atoms with Gasteiger partial charge in [-0.25, -0.2) is 0 Å². The van der Waals surface area contributed by atoms with E-state index >= 15 is 0 Å². The van der Waals surface area contributed by atoms with E-state index < -0.39 is 0 Å². The van der Waals surface area contributed by atoms with Crippen LogP contribution in [0.5, 0.6) is 0 Å². The van der Waals surface area contributed by atoms with Gasteiger partial charge in [-0.05, 0) is 55.2 Å². The van der Waals surface area contributed by atoms with Crippen molar-refractivity contribution in [2.75, 3.05) is 0 Å². The molecule has 2 aromatic rings. The van der Waals surface area contributed by atoms with E-state index in [1.54, 1.807) is 0 Å². The lowest BCUT2D eigenvalue weighted by molar-refractivity contribution is 0.460. The summed E-state index contributed by atoms with van der Waals surface area (Å²) >= 11 is 0. The van der Waals surface area contributed by atoms with Gasteiger partial charge in [0, 0.05) is 6.04 Å². The SMILES string of the molecule is Cc1cccc(CC(N)C2CCCc3ccccc32)c1. The summed E-state index contributed by atoms with van der Waals surface area (Å²) in [5, 5.41) is 0. The average Bonchev–Trinajstić information content (AvgIpc) is 2.46. The van der Waals surface area contributed by atoms with Crippen LogP contribution in [0.25, 0.3) is 0 Å². The van der Waals surface area contributed by atoms with Crippen molar-refractivity contribution >= 4 is 0 Å². The van der Waals surface area contributed by atoms with E-state index in [2.05, 4.69) is 55.5 Å². The Hall–Kier alpha value is -1.60. The molecule has 0 heterocycles. The Balaban J connectivity index is 1.80. The Bertz CT molecular complexity index is 588. The Morgan fingerprint density at radius 3 is 2.85 bits per heavy atom. The van der Waals surface area contributed by atoms with E-state index in [0.717, 1.165) is 6.42 Å². The van der Waals surface area contributed by atoms with Gasteiger partial charge in [-0.15, -0.1) is 0 Å². The second-order valence-corrected chi connectivity index (χ2v) is 6.05. The van der Waals surface area contributed by atoms with E-state index in [0.29, 0.717) is 5.92 Å². The highest BCUT2D eigenvalue weighted by Crippen LogP contribution is 2.34. The molecule has 0 saturated carbocycles. The van der Waals surface area contributed by atoms with Gasteiger partial charge < -0.3 is 5.73 Å². The second-order valence-electron chi connectivity index (χ2n) is 6.05. The molecule has 2 unspecified atom stereocenters. The van der Waals surface area contributed by atoms with Crippen molar-refractivity contribution in [1.82, 2.24) is 0 Å². The lowest BCUT2D eigenvalue weighted by Crippen LogP contribution is -2.33. The van der Waals surface area contributed by atoms with Gasteiger partial charge in [-0.2, -0.15) is 0 Å². The Labute approximate surface area is 121 Å². The first-order valence-electron chi connectivity index (χ1n) is 7.63. The zero-order valence-corrected chi connectivity index (χ0v) is 12.2. The summed E-state index contributed by atoms with van der Waals surface area (Å²) < 4.78 is 0. The van der Waals surface area contributed by atoms with Crippen molar-refractivity contribution in [1.29, 1.82) is 0 Å². The smallest absolute Gasteiger partial charge is 0.0149 e. The molecule has 104 valence electrons. The van der Waals surface area contributed by atoms with Gasteiger partial charge in [-0.1, -0.05) is 54.1 Å². The molecule has 0 radical (unpaired) electrons. The highest BCUT2D eigenvalue weighted by molar-refractivity contribution is 5.34. The Morgan fingerprint density at radius 1 is 1.15 bits per heavy atom. The molecule has 2 aromatic carbocycles. The quantitative estimate of drug-likeness (QED) is 0.892. The normalized spacial score (nSPS) is 19.4. The first kappa shape index (κ1) is 13.4. The van der Waals surface area contributed by atoms with Gasteiger partial charge in [-0.3, -0.25) is 0 Å². The number of benzene rings is 2. The van der Waals surface area contributed by atoms with Gasteiger partial charge in [0.05, 0.1) is 0 Å². The van der Waals surface area contributed by atoms with Crippen LogP contribution in [0.15, 0.2) is 48.5 Å².